The Morgan fingerprint density at radius 1 is 1.38 bits per heavy atom. The first-order chi connectivity index (χ1) is 9.93. The van der Waals surface area contributed by atoms with Crippen LogP contribution in [-0.4, -0.2) is 35.6 Å². The Morgan fingerprint density at radius 3 is 2.62 bits per heavy atom. The van der Waals surface area contributed by atoms with Gasteiger partial charge >= 0.3 is 12.0 Å². The van der Waals surface area contributed by atoms with E-state index in [9.17, 15) is 9.59 Å². The normalized spacial score (nSPS) is 11.8. The lowest BCUT2D eigenvalue weighted by atomic mass is 10.0. The number of hydrogen-bond donors (Lipinski definition) is 2. The van der Waals surface area contributed by atoms with Gasteiger partial charge in [0.15, 0.2) is 0 Å². The number of aliphatic carboxylic acids is 1. The summed E-state index contributed by atoms with van der Waals surface area (Å²) in [7, 11) is 1.72. The van der Waals surface area contributed by atoms with Gasteiger partial charge in [-0.1, -0.05) is 47.5 Å². The van der Waals surface area contributed by atoms with Gasteiger partial charge in [0.2, 0.25) is 0 Å². The molecule has 0 spiro atoms. The first kappa shape index (κ1) is 17.5. The maximum atomic E-state index is 12.0. The topological polar surface area (TPSA) is 69.6 Å². The van der Waals surface area contributed by atoms with Crippen LogP contribution in [0.5, 0.6) is 0 Å². The molecule has 0 aliphatic heterocycles. The van der Waals surface area contributed by atoms with Crippen molar-refractivity contribution in [3.8, 4) is 0 Å². The van der Waals surface area contributed by atoms with Crippen molar-refractivity contribution in [1.82, 2.24) is 10.2 Å². The Balaban J connectivity index is 2.47. The van der Waals surface area contributed by atoms with E-state index in [-0.39, 0.29) is 18.4 Å². The minimum Gasteiger partial charge on any atom is -0.481 e. The number of amides is 2. The van der Waals surface area contributed by atoms with Crippen LogP contribution in [0.4, 0.5) is 4.79 Å². The number of benzene rings is 1. The molecule has 1 aromatic rings. The summed E-state index contributed by atoms with van der Waals surface area (Å²) in [5.41, 5.74) is 1.02. The second kappa shape index (κ2) is 8.67. The zero-order valence-corrected chi connectivity index (χ0v) is 13.9. The van der Waals surface area contributed by atoms with Gasteiger partial charge in [-0.3, -0.25) is 4.79 Å². The van der Waals surface area contributed by atoms with Crippen molar-refractivity contribution >= 4 is 27.9 Å². The van der Waals surface area contributed by atoms with Gasteiger partial charge in [0.1, 0.15) is 0 Å². The van der Waals surface area contributed by atoms with Gasteiger partial charge in [0.05, 0.1) is 0 Å². The van der Waals surface area contributed by atoms with E-state index < -0.39 is 5.97 Å². The Bertz CT molecular complexity index is 494. The molecule has 0 heterocycles. The third kappa shape index (κ3) is 6.16. The van der Waals surface area contributed by atoms with Crippen LogP contribution in [0.2, 0.25) is 0 Å². The summed E-state index contributed by atoms with van der Waals surface area (Å²) in [5.74, 6) is -0.874. The van der Waals surface area contributed by atoms with Crippen LogP contribution in [0.1, 0.15) is 25.3 Å². The summed E-state index contributed by atoms with van der Waals surface area (Å²) in [6, 6.07) is 7.53. The number of carbonyl (C=O) groups is 2. The number of halogens is 1. The molecule has 1 rings (SSSR count). The van der Waals surface area contributed by atoms with Gasteiger partial charge in [0, 0.05) is 31.0 Å². The molecule has 0 aromatic heterocycles. The van der Waals surface area contributed by atoms with Crippen molar-refractivity contribution < 1.29 is 14.7 Å². The molecule has 0 bridgehead atoms. The van der Waals surface area contributed by atoms with Gasteiger partial charge in [-0.25, -0.2) is 4.79 Å². The lowest BCUT2D eigenvalue weighted by molar-refractivity contribution is -0.138. The van der Waals surface area contributed by atoms with Gasteiger partial charge in [-0.05, 0) is 17.5 Å². The Kier molecular flexibility index (Phi) is 7.22. The van der Waals surface area contributed by atoms with Crippen molar-refractivity contribution in [3.63, 3.8) is 0 Å². The van der Waals surface area contributed by atoms with Crippen LogP contribution in [0.25, 0.3) is 0 Å². The van der Waals surface area contributed by atoms with Gasteiger partial charge in [0.25, 0.3) is 0 Å². The van der Waals surface area contributed by atoms with Gasteiger partial charge in [-0.15, -0.1) is 0 Å². The molecule has 2 N–H and O–H groups in total. The fourth-order valence-corrected chi connectivity index (χ4v) is 2.34. The Morgan fingerprint density at radius 2 is 2.05 bits per heavy atom. The average molecular weight is 357 g/mol. The minimum atomic E-state index is -0.835. The first-order valence-corrected chi connectivity index (χ1v) is 7.67. The number of hydrogen-bond acceptors (Lipinski definition) is 2. The van der Waals surface area contributed by atoms with E-state index in [1.807, 2.05) is 31.2 Å². The number of rotatable bonds is 7. The predicted molar refractivity (Wildman–Crippen MR) is 85.0 cm³/mol. The van der Waals surface area contributed by atoms with E-state index in [2.05, 4.69) is 21.2 Å². The zero-order chi connectivity index (χ0) is 15.8. The Hall–Kier alpha value is -1.56. The zero-order valence-electron chi connectivity index (χ0n) is 12.3. The molecule has 0 fully saturated rings. The van der Waals surface area contributed by atoms with Crippen LogP contribution >= 0.6 is 15.9 Å². The fourth-order valence-electron chi connectivity index (χ4n) is 1.93. The standard InChI is InChI=1S/C15H21BrN2O3/c1-3-11(8-14(19)20)9-17-15(21)18(2)10-12-6-4-5-7-13(12)16/h4-7,11H,3,8-10H2,1-2H3,(H,17,21)(H,19,20). The highest BCUT2D eigenvalue weighted by molar-refractivity contribution is 9.10. The highest BCUT2D eigenvalue weighted by Crippen LogP contribution is 2.17. The van der Waals surface area contributed by atoms with Gasteiger partial charge in [-0.2, -0.15) is 0 Å². The molecule has 6 heteroatoms. The van der Waals surface area contributed by atoms with Crippen LogP contribution in [0.3, 0.4) is 0 Å². The molecular formula is C15H21BrN2O3. The molecule has 0 aliphatic carbocycles. The smallest absolute Gasteiger partial charge is 0.317 e. The monoisotopic (exact) mass is 356 g/mol. The number of nitrogens with zero attached hydrogens (tertiary/aromatic N) is 1. The molecule has 116 valence electrons. The van der Waals surface area contributed by atoms with Crippen molar-refractivity contribution in [2.24, 2.45) is 5.92 Å². The van der Waals surface area contributed by atoms with E-state index in [4.69, 9.17) is 5.11 Å². The van der Waals surface area contributed by atoms with Crippen molar-refractivity contribution in [1.29, 1.82) is 0 Å². The van der Waals surface area contributed by atoms with Crippen LogP contribution in [0.15, 0.2) is 28.7 Å². The summed E-state index contributed by atoms with van der Waals surface area (Å²) in [5, 5.41) is 11.6. The highest BCUT2D eigenvalue weighted by atomic mass is 79.9. The maximum absolute atomic E-state index is 12.0. The maximum Gasteiger partial charge on any atom is 0.317 e. The van der Waals surface area contributed by atoms with Crippen LogP contribution < -0.4 is 5.32 Å². The lowest BCUT2D eigenvalue weighted by Crippen LogP contribution is -2.39. The predicted octanol–water partition coefficient (Wildman–Crippen LogP) is 3.09. The summed E-state index contributed by atoms with van der Waals surface area (Å²) < 4.78 is 0.960. The summed E-state index contributed by atoms with van der Waals surface area (Å²) in [6.07, 6.45) is 0.797. The number of carbonyl (C=O) groups excluding carboxylic acids is 1. The van der Waals surface area contributed by atoms with E-state index in [0.29, 0.717) is 13.1 Å². The summed E-state index contributed by atoms with van der Waals surface area (Å²) in [6.45, 7) is 2.79. The molecule has 1 unspecified atom stereocenters. The van der Waals surface area contributed by atoms with E-state index in [0.717, 1.165) is 16.5 Å². The average Bonchev–Trinajstić information content (AvgIpc) is 2.45. The van der Waals surface area contributed by atoms with Crippen molar-refractivity contribution in [3.05, 3.63) is 34.3 Å². The minimum absolute atomic E-state index is 0.0386. The molecule has 2 amide bonds. The number of urea groups is 1. The molecule has 0 radical (unpaired) electrons. The summed E-state index contributed by atoms with van der Waals surface area (Å²) >= 11 is 3.45. The molecule has 0 saturated carbocycles. The second-order valence-electron chi connectivity index (χ2n) is 5.01. The fraction of sp³-hybridized carbons (Fsp3) is 0.467. The Labute approximate surface area is 133 Å². The third-order valence-electron chi connectivity index (χ3n) is 3.29. The summed E-state index contributed by atoms with van der Waals surface area (Å²) in [4.78, 5) is 24.3. The van der Waals surface area contributed by atoms with Gasteiger partial charge < -0.3 is 15.3 Å². The molecule has 0 aliphatic rings. The van der Waals surface area contributed by atoms with Crippen molar-refractivity contribution in [2.45, 2.75) is 26.3 Å². The van der Waals surface area contributed by atoms with Crippen LogP contribution in [-0.2, 0) is 11.3 Å². The van der Waals surface area contributed by atoms with E-state index in [1.165, 1.54) is 0 Å². The van der Waals surface area contributed by atoms with E-state index >= 15 is 0 Å². The van der Waals surface area contributed by atoms with Crippen molar-refractivity contribution in [2.75, 3.05) is 13.6 Å². The van der Waals surface area contributed by atoms with Crippen LogP contribution in [0, 0.1) is 5.92 Å². The number of carboxylic acid groups (broad SMARTS) is 1. The molecule has 0 saturated heterocycles. The molecule has 5 nitrogen and oxygen atoms in total. The third-order valence-corrected chi connectivity index (χ3v) is 4.07. The molecule has 1 atom stereocenters. The number of nitrogens with one attached hydrogen (secondary N) is 1. The first-order valence-electron chi connectivity index (χ1n) is 6.88. The molecule has 1 aromatic carbocycles. The SMILES string of the molecule is CCC(CNC(=O)N(C)Cc1ccccc1Br)CC(=O)O. The second-order valence-corrected chi connectivity index (χ2v) is 5.86. The number of carboxylic acids is 1. The highest BCUT2D eigenvalue weighted by Gasteiger charge is 2.15. The molecular weight excluding hydrogens is 336 g/mol. The lowest BCUT2D eigenvalue weighted by Gasteiger charge is -2.20. The van der Waals surface area contributed by atoms with E-state index in [1.54, 1.807) is 11.9 Å². The largest absolute Gasteiger partial charge is 0.481 e. The quantitative estimate of drug-likeness (QED) is 0.788. The molecule has 21 heavy (non-hydrogen) atoms.